The van der Waals surface area contributed by atoms with Gasteiger partial charge in [0.05, 0.1) is 0 Å². The number of rotatable bonds is 7. The Morgan fingerprint density at radius 1 is 1.00 bits per heavy atom. The van der Waals surface area contributed by atoms with E-state index >= 15 is 0 Å². The molecule has 0 atom stereocenters. The molecule has 0 amide bonds. The summed E-state index contributed by atoms with van der Waals surface area (Å²) in [5.41, 5.74) is 0. The van der Waals surface area contributed by atoms with Crippen LogP contribution in [0.15, 0.2) is 0 Å². The van der Waals surface area contributed by atoms with E-state index in [1.807, 2.05) is 0 Å². The van der Waals surface area contributed by atoms with E-state index in [2.05, 4.69) is 22.0 Å². The van der Waals surface area contributed by atoms with E-state index in [0.29, 0.717) is 0 Å². The molecule has 2 rings (SSSR count). The maximum absolute atomic E-state index is 3.48. The van der Waals surface area contributed by atoms with Crippen LogP contribution in [0.5, 0.6) is 0 Å². The minimum atomic E-state index is 1.05. The lowest BCUT2D eigenvalue weighted by Gasteiger charge is -2.34. The second kappa shape index (κ2) is 6.58. The van der Waals surface area contributed by atoms with Crippen molar-refractivity contribution in [2.24, 2.45) is 5.92 Å². The minimum absolute atomic E-state index is 1.05. The summed E-state index contributed by atoms with van der Waals surface area (Å²) in [7, 11) is 0. The van der Waals surface area contributed by atoms with Gasteiger partial charge in [-0.05, 0) is 31.7 Å². The van der Waals surface area contributed by atoms with E-state index in [4.69, 9.17) is 0 Å². The van der Waals surface area contributed by atoms with E-state index < -0.39 is 0 Å². The van der Waals surface area contributed by atoms with Crippen LogP contribution in [-0.2, 0) is 0 Å². The highest BCUT2D eigenvalue weighted by Crippen LogP contribution is 2.29. The molecule has 1 saturated carbocycles. The van der Waals surface area contributed by atoms with E-state index in [1.165, 1.54) is 65.1 Å². The molecule has 1 aliphatic carbocycles. The van der Waals surface area contributed by atoms with Crippen molar-refractivity contribution in [3.8, 4) is 0 Å². The second-order valence-corrected chi connectivity index (χ2v) is 5.34. The van der Waals surface area contributed by atoms with Crippen LogP contribution >= 0.6 is 0 Å². The zero-order valence-electron chi connectivity index (χ0n) is 10.7. The Bertz CT molecular complexity index is 184. The van der Waals surface area contributed by atoms with Crippen LogP contribution in [-0.4, -0.2) is 62.2 Å². The Labute approximate surface area is 100 Å². The molecule has 3 heteroatoms. The van der Waals surface area contributed by atoms with Crippen molar-refractivity contribution in [2.45, 2.75) is 26.2 Å². The molecule has 2 aliphatic rings. The van der Waals surface area contributed by atoms with Crippen molar-refractivity contribution in [1.82, 2.24) is 15.1 Å². The van der Waals surface area contributed by atoms with E-state index in [9.17, 15) is 0 Å². The molecule has 94 valence electrons. The molecular weight excluding hydrogens is 198 g/mol. The number of piperazine rings is 1. The molecule has 0 bridgehead atoms. The number of hydrogen-bond acceptors (Lipinski definition) is 3. The third kappa shape index (κ3) is 4.40. The average Bonchev–Trinajstić information content (AvgIpc) is 3.11. The summed E-state index contributed by atoms with van der Waals surface area (Å²) in [5, 5.41) is 3.48. The van der Waals surface area contributed by atoms with Crippen molar-refractivity contribution < 1.29 is 0 Å². The van der Waals surface area contributed by atoms with Crippen molar-refractivity contribution in [3.63, 3.8) is 0 Å². The van der Waals surface area contributed by atoms with E-state index in [1.54, 1.807) is 0 Å². The van der Waals surface area contributed by atoms with Gasteiger partial charge in [-0.1, -0.05) is 6.92 Å². The molecule has 1 heterocycles. The Hall–Kier alpha value is -0.120. The van der Waals surface area contributed by atoms with Gasteiger partial charge in [-0.2, -0.15) is 0 Å². The van der Waals surface area contributed by atoms with Gasteiger partial charge >= 0.3 is 0 Å². The van der Waals surface area contributed by atoms with Gasteiger partial charge in [-0.25, -0.2) is 0 Å². The summed E-state index contributed by atoms with van der Waals surface area (Å²) in [4.78, 5) is 5.26. The Balaban J connectivity index is 1.50. The highest BCUT2D eigenvalue weighted by molar-refractivity contribution is 4.80. The fourth-order valence-electron chi connectivity index (χ4n) is 2.40. The standard InChI is InChI=1S/C13H27N3/c1-2-5-14-6-7-15-8-10-16(11-9-15)12-13-3-4-13/h13-14H,2-12H2,1H3. The lowest BCUT2D eigenvalue weighted by atomic mass is 10.3. The minimum Gasteiger partial charge on any atom is -0.315 e. The fraction of sp³-hybridized carbons (Fsp3) is 1.00. The normalized spacial score (nSPS) is 23.8. The second-order valence-electron chi connectivity index (χ2n) is 5.34. The largest absolute Gasteiger partial charge is 0.315 e. The molecule has 1 aliphatic heterocycles. The van der Waals surface area contributed by atoms with Gasteiger partial charge < -0.3 is 10.2 Å². The Morgan fingerprint density at radius 3 is 2.31 bits per heavy atom. The highest BCUT2D eigenvalue weighted by Gasteiger charge is 2.26. The van der Waals surface area contributed by atoms with Crippen LogP contribution in [0.1, 0.15) is 26.2 Å². The fourth-order valence-corrected chi connectivity index (χ4v) is 2.40. The summed E-state index contributed by atoms with van der Waals surface area (Å²) in [5.74, 6) is 1.05. The molecule has 0 aromatic heterocycles. The van der Waals surface area contributed by atoms with Crippen LogP contribution in [0.3, 0.4) is 0 Å². The van der Waals surface area contributed by atoms with E-state index in [-0.39, 0.29) is 0 Å². The first-order valence-corrected chi connectivity index (χ1v) is 7.04. The predicted octanol–water partition coefficient (Wildman–Crippen LogP) is 1.01. The van der Waals surface area contributed by atoms with Crippen LogP contribution in [0.2, 0.25) is 0 Å². The molecule has 1 N–H and O–H groups in total. The van der Waals surface area contributed by atoms with Crippen LogP contribution in [0.4, 0.5) is 0 Å². The molecule has 16 heavy (non-hydrogen) atoms. The maximum Gasteiger partial charge on any atom is 0.0110 e. The third-order valence-corrected chi connectivity index (χ3v) is 3.71. The lowest BCUT2D eigenvalue weighted by molar-refractivity contribution is 0.129. The lowest BCUT2D eigenvalue weighted by Crippen LogP contribution is -2.48. The highest BCUT2D eigenvalue weighted by atomic mass is 15.3. The van der Waals surface area contributed by atoms with Crippen molar-refractivity contribution in [3.05, 3.63) is 0 Å². The molecule has 0 spiro atoms. The van der Waals surface area contributed by atoms with Crippen LogP contribution in [0, 0.1) is 5.92 Å². The van der Waals surface area contributed by atoms with Crippen molar-refractivity contribution in [2.75, 3.05) is 52.4 Å². The Morgan fingerprint density at radius 2 is 1.69 bits per heavy atom. The number of nitrogens with one attached hydrogen (secondary N) is 1. The molecule has 0 aromatic rings. The summed E-state index contributed by atoms with van der Waals surface area (Å²) in [6, 6.07) is 0. The van der Waals surface area contributed by atoms with Gasteiger partial charge in [0.2, 0.25) is 0 Å². The quantitative estimate of drug-likeness (QED) is 0.653. The zero-order valence-corrected chi connectivity index (χ0v) is 10.7. The molecule has 0 radical (unpaired) electrons. The van der Waals surface area contributed by atoms with Gasteiger partial charge in [-0.15, -0.1) is 0 Å². The van der Waals surface area contributed by atoms with Gasteiger partial charge in [0.25, 0.3) is 0 Å². The number of hydrogen-bond donors (Lipinski definition) is 1. The number of nitrogens with zero attached hydrogens (tertiary/aromatic N) is 2. The summed E-state index contributed by atoms with van der Waals surface area (Å²) >= 11 is 0. The Kier molecular flexibility index (Phi) is 5.07. The van der Waals surface area contributed by atoms with Crippen LogP contribution < -0.4 is 5.32 Å². The van der Waals surface area contributed by atoms with E-state index in [0.717, 1.165) is 12.5 Å². The molecular formula is C13H27N3. The predicted molar refractivity (Wildman–Crippen MR) is 68.8 cm³/mol. The first-order valence-electron chi connectivity index (χ1n) is 7.04. The SMILES string of the molecule is CCCNCCN1CCN(CC2CC2)CC1. The van der Waals surface area contributed by atoms with Crippen molar-refractivity contribution in [1.29, 1.82) is 0 Å². The van der Waals surface area contributed by atoms with Gasteiger partial charge in [0.1, 0.15) is 0 Å². The molecule has 3 nitrogen and oxygen atoms in total. The summed E-state index contributed by atoms with van der Waals surface area (Å²) in [6.07, 6.45) is 4.22. The van der Waals surface area contributed by atoms with Crippen molar-refractivity contribution >= 4 is 0 Å². The third-order valence-electron chi connectivity index (χ3n) is 3.71. The smallest absolute Gasteiger partial charge is 0.0110 e. The van der Waals surface area contributed by atoms with Gasteiger partial charge in [0, 0.05) is 45.8 Å². The first kappa shape index (κ1) is 12.3. The summed E-state index contributed by atoms with van der Waals surface area (Å²) < 4.78 is 0. The molecule has 0 aromatic carbocycles. The molecule has 1 saturated heterocycles. The van der Waals surface area contributed by atoms with Gasteiger partial charge in [0.15, 0.2) is 0 Å². The topological polar surface area (TPSA) is 18.5 Å². The average molecular weight is 225 g/mol. The maximum atomic E-state index is 3.48. The zero-order chi connectivity index (χ0) is 11.2. The first-order chi connectivity index (χ1) is 7.88. The summed E-state index contributed by atoms with van der Waals surface area (Å²) in [6.45, 7) is 12.3. The van der Waals surface area contributed by atoms with Crippen LogP contribution in [0.25, 0.3) is 0 Å². The molecule has 0 unspecified atom stereocenters. The molecule has 2 fully saturated rings. The van der Waals surface area contributed by atoms with Gasteiger partial charge in [-0.3, -0.25) is 4.90 Å². The monoisotopic (exact) mass is 225 g/mol.